The van der Waals surface area contributed by atoms with Gasteiger partial charge in [0.2, 0.25) is 5.28 Å². The Bertz CT molecular complexity index is 1910. The Balaban J connectivity index is 1.33. The quantitative estimate of drug-likeness (QED) is 0.239. The van der Waals surface area contributed by atoms with Crippen molar-refractivity contribution in [2.45, 2.75) is 0 Å². The number of benzene rings is 5. The molecule has 0 amide bonds. The van der Waals surface area contributed by atoms with E-state index in [-0.39, 0.29) is 5.28 Å². The SMILES string of the molecule is Clc1nc(-c2ccc(-c3ccccc3)cc2)nc(-c2ccc3c(c2)c2ccccc2n3-c2ccccc2)n1. The van der Waals surface area contributed by atoms with Crippen LogP contribution in [-0.2, 0) is 0 Å². The Hall–Kier alpha value is -4.80. The van der Waals surface area contributed by atoms with Crippen molar-refractivity contribution in [3.63, 3.8) is 0 Å². The van der Waals surface area contributed by atoms with E-state index in [0.717, 1.165) is 44.4 Å². The second-order valence-corrected chi connectivity index (χ2v) is 9.45. The second kappa shape index (κ2) is 9.25. The monoisotopic (exact) mass is 508 g/mol. The number of para-hydroxylation sites is 2. The molecule has 0 bridgehead atoms. The number of fused-ring (bicyclic) bond motifs is 3. The number of hydrogen-bond donors (Lipinski definition) is 0. The third-order valence-electron chi connectivity index (χ3n) is 6.80. The van der Waals surface area contributed by atoms with Crippen LogP contribution in [0.15, 0.2) is 127 Å². The maximum Gasteiger partial charge on any atom is 0.226 e. The minimum absolute atomic E-state index is 0.170. The van der Waals surface area contributed by atoms with E-state index in [4.69, 9.17) is 16.6 Å². The lowest BCUT2D eigenvalue weighted by Crippen LogP contribution is -1.97. The second-order valence-electron chi connectivity index (χ2n) is 9.12. The summed E-state index contributed by atoms with van der Waals surface area (Å²) in [5, 5.41) is 2.47. The largest absolute Gasteiger partial charge is 0.309 e. The summed E-state index contributed by atoms with van der Waals surface area (Å²) < 4.78 is 2.29. The first kappa shape index (κ1) is 22.4. The Morgan fingerprint density at radius 2 is 1.00 bits per heavy atom. The topological polar surface area (TPSA) is 43.6 Å². The van der Waals surface area contributed by atoms with Crippen LogP contribution in [0.5, 0.6) is 0 Å². The molecule has 0 aliphatic carbocycles. The molecule has 0 saturated heterocycles. The normalized spacial score (nSPS) is 11.3. The minimum atomic E-state index is 0.170. The van der Waals surface area contributed by atoms with Gasteiger partial charge in [0, 0.05) is 27.6 Å². The molecule has 0 atom stereocenters. The summed E-state index contributed by atoms with van der Waals surface area (Å²) in [6.07, 6.45) is 0. The molecule has 0 aliphatic heterocycles. The van der Waals surface area contributed by atoms with Gasteiger partial charge in [-0.2, -0.15) is 9.97 Å². The van der Waals surface area contributed by atoms with Gasteiger partial charge in [-0.15, -0.1) is 0 Å². The van der Waals surface area contributed by atoms with Crippen molar-refractivity contribution in [3.05, 3.63) is 133 Å². The van der Waals surface area contributed by atoms with Crippen molar-refractivity contribution in [2.75, 3.05) is 0 Å². The summed E-state index contributed by atoms with van der Waals surface area (Å²) in [5.74, 6) is 1.09. The fraction of sp³-hybridized carbons (Fsp3) is 0. The molecule has 7 aromatic rings. The molecular formula is C33H21ClN4. The predicted molar refractivity (Wildman–Crippen MR) is 155 cm³/mol. The molecule has 7 rings (SSSR count). The van der Waals surface area contributed by atoms with Gasteiger partial charge in [0.1, 0.15) is 0 Å². The molecule has 0 aliphatic rings. The van der Waals surface area contributed by atoms with Gasteiger partial charge in [-0.25, -0.2) is 4.98 Å². The number of aromatic nitrogens is 4. The average Bonchev–Trinajstić information content (AvgIpc) is 3.31. The fourth-order valence-corrected chi connectivity index (χ4v) is 5.18. The van der Waals surface area contributed by atoms with Crippen LogP contribution >= 0.6 is 11.6 Å². The molecule has 180 valence electrons. The van der Waals surface area contributed by atoms with Crippen LogP contribution in [0.1, 0.15) is 0 Å². The highest BCUT2D eigenvalue weighted by Crippen LogP contribution is 2.34. The molecule has 0 saturated carbocycles. The number of hydrogen-bond acceptors (Lipinski definition) is 3. The van der Waals surface area contributed by atoms with Crippen LogP contribution in [0, 0.1) is 0 Å². The number of nitrogens with zero attached hydrogens (tertiary/aromatic N) is 4. The fourth-order valence-electron chi connectivity index (χ4n) is 5.02. The van der Waals surface area contributed by atoms with E-state index in [0.29, 0.717) is 11.6 Å². The first-order chi connectivity index (χ1) is 18.7. The lowest BCUT2D eigenvalue weighted by Gasteiger charge is -2.08. The van der Waals surface area contributed by atoms with Gasteiger partial charge in [-0.05, 0) is 59.1 Å². The predicted octanol–water partition coefficient (Wildman–Crippen LogP) is 8.62. The van der Waals surface area contributed by atoms with Crippen molar-refractivity contribution in [2.24, 2.45) is 0 Å². The molecule has 0 N–H and O–H groups in total. The summed E-state index contributed by atoms with van der Waals surface area (Å²) in [5.41, 5.74) is 7.47. The van der Waals surface area contributed by atoms with Gasteiger partial charge in [-0.3, -0.25) is 0 Å². The molecule has 2 aromatic heterocycles. The Morgan fingerprint density at radius 3 is 1.76 bits per heavy atom. The van der Waals surface area contributed by atoms with E-state index >= 15 is 0 Å². The third-order valence-corrected chi connectivity index (χ3v) is 6.97. The smallest absolute Gasteiger partial charge is 0.226 e. The first-order valence-electron chi connectivity index (χ1n) is 12.4. The van der Waals surface area contributed by atoms with Crippen molar-refractivity contribution >= 4 is 33.4 Å². The van der Waals surface area contributed by atoms with Gasteiger partial charge in [0.15, 0.2) is 11.6 Å². The van der Waals surface area contributed by atoms with E-state index in [1.807, 2.05) is 36.4 Å². The molecule has 5 heteroatoms. The van der Waals surface area contributed by atoms with Crippen molar-refractivity contribution in [1.82, 2.24) is 19.5 Å². The molecule has 0 spiro atoms. The van der Waals surface area contributed by atoms with E-state index in [9.17, 15) is 0 Å². The van der Waals surface area contributed by atoms with Crippen LogP contribution < -0.4 is 0 Å². The highest BCUT2D eigenvalue weighted by atomic mass is 35.5. The molecule has 0 radical (unpaired) electrons. The summed E-state index contributed by atoms with van der Waals surface area (Å²) in [4.78, 5) is 13.7. The standard InChI is InChI=1S/C33H21ClN4/c34-33-36-31(24-17-15-23(16-18-24)22-9-3-1-4-10-22)35-32(37-33)25-19-20-30-28(21-25)27-13-7-8-14-29(27)38(30)26-11-5-2-6-12-26/h1-21H. The van der Waals surface area contributed by atoms with Crippen LogP contribution in [-0.4, -0.2) is 19.5 Å². The van der Waals surface area contributed by atoms with Gasteiger partial charge < -0.3 is 4.57 Å². The van der Waals surface area contributed by atoms with Crippen LogP contribution in [0.4, 0.5) is 0 Å². The molecule has 0 fully saturated rings. The zero-order valence-electron chi connectivity index (χ0n) is 20.3. The van der Waals surface area contributed by atoms with Crippen LogP contribution in [0.25, 0.3) is 61.4 Å². The van der Waals surface area contributed by atoms with E-state index in [1.54, 1.807) is 0 Å². The number of halogens is 1. The van der Waals surface area contributed by atoms with Crippen LogP contribution in [0.3, 0.4) is 0 Å². The molecular weight excluding hydrogens is 488 g/mol. The Morgan fingerprint density at radius 1 is 0.447 bits per heavy atom. The molecule has 0 unspecified atom stereocenters. The average molecular weight is 509 g/mol. The lowest BCUT2D eigenvalue weighted by atomic mass is 10.0. The minimum Gasteiger partial charge on any atom is -0.309 e. The van der Waals surface area contributed by atoms with Crippen molar-refractivity contribution in [3.8, 4) is 39.6 Å². The molecule has 2 heterocycles. The lowest BCUT2D eigenvalue weighted by molar-refractivity contribution is 1.07. The third kappa shape index (κ3) is 3.92. The van der Waals surface area contributed by atoms with E-state index < -0.39 is 0 Å². The first-order valence-corrected chi connectivity index (χ1v) is 12.8. The van der Waals surface area contributed by atoms with Crippen molar-refractivity contribution in [1.29, 1.82) is 0 Å². The zero-order valence-corrected chi connectivity index (χ0v) is 21.0. The zero-order chi connectivity index (χ0) is 25.5. The molecule has 5 aromatic carbocycles. The van der Waals surface area contributed by atoms with Gasteiger partial charge in [0.25, 0.3) is 0 Å². The Labute approximate surface area is 224 Å². The van der Waals surface area contributed by atoms with Gasteiger partial charge in [-0.1, -0.05) is 91.0 Å². The summed E-state index contributed by atoms with van der Waals surface area (Å²) in [6.45, 7) is 0. The van der Waals surface area contributed by atoms with Gasteiger partial charge >= 0.3 is 0 Å². The molecule has 38 heavy (non-hydrogen) atoms. The maximum absolute atomic E-state index is 6.41. The van der Waals surface area contributed by atoms with E-state index in [2.05, 4.69) is 106 Å². The Kier molecular flexibility index (Phi) is 5.46. The summed E-state index contributed by atoms with van der Waals surface area (Å²) in [6, 6.07) is 43.7. The summed E-state index contributed by atoms with van der Waals surface area (Å²) >= 11 is 6.41. The molecule has 4 nitrogen and oxygen atoms in total. The number of rotatable bonds is 4. The van der Waals surface area contributed by atoms with Crippen LogP contribution in [0.2, 0.25) is 5.28 Å². The highest BCUT2D eigenvalue weighted by molar-refractivity contribution is 6.28. The highest BCUT2D eigenvalue weighted by Gasteiger charge is 2.15. The van der Waals surface area contributed by atoms with E-state index in [1.165, 1.54) is 5.39 Å². The van der Waals surface area contributed by atoms with Gasteiger partial charge in [0.05, 0.1) is 11.0 Å². The van der Waals surface area contributed by atoms with Crippen molar-refractivity contribution < 1.29 is 0 Å². The maximum atomic E-state index is 6.41. The summed E-state index contributed by atoms with van der Waals surface area (Å²) in [7, 11) is 0.